The molecule has 1 aliphatic heterocycles. The molecule has 74 valence electrons. The van der Waals surface area contributed by atoms with Crippen LogP contribution in [0.15, 0.2) is 29.1 Å². The molecule has 1 rings (SSSR count). The van der Waals surface area contributed by atoms with Crippen LogP contribution < -0.4 is 0 Å². The van der Waals surface area contributed by atoms with Crippen molar-refractivity contribution in [3.05, 3.63) is 23.9 Å². The number of halogens is 1. The zero-order chi connectivity index (χ0) is 8.81. The van der Waals surface area contributed by atoms with E-state index >= 15 is 0 Å². The first-order valence-corrected chi connectivity index (χ1v) is 4.04. The summed E-state index contributed by atoms with van der Waals surface area (Å²) in [5, 5.41) is 3.71. The molecule has 0 N–H and O–H groups in total. The van der Waals surface area contributed by atoms with Crippen molar-refractivity contribution in [2.24, 2.45) is 5.16 Å². The molecule has 0 spiro atoms. The topological polar surface area (TPSA) is 24.8 Å². The Morgan fingerprint density at radius 3 is 3.08 bits per heavy atom. The molecule has 4 heteroatoms. The Morgan fingerprint density at radius 2 is 2.46 bits per heavy atom. The second-order valence-electron chi connectivity index (χ2n) is 2.56. The summed E-state index contributed by atoms with van der Waals surface area (Å²) in [5.41, 5.74) is 1.17. The van der Waals surface area contributed by atoms with Gasteiger partial charge in [-0.2, -0.15) is 0 Å². The molecule has 0 amide bonds. The van der Waals surface area contributed by atoms with E-state index in [9.17, 15) is 0 Å². The maximum atomic E-state index is 4.60. The van der Waals surface area contributed by atoms with E-state index in [1.165, 1.54) is 5.57 Å². The van der Waals surface area contributed by atoms with Crippen molar-refractivity contribution in [2.75, 3.05) is 20.2 Å². The van der Waals surface area contributed by atoms with Gasteiger partial charge in [0.1, 0.15) is 7.11 Å². The Hall–Kier alpha value is -0.520. The van der Waals surface area contributed by atoms with Gasteiger partial charge in [0.25, 0.3) is 0 Å². The lowest BCUT2D eigenvalue weighted by Gasteiger charge is -2.20. The molecule has 0 bridgehead atoms. The Balaban J connectivity index is 0.00000144. The highest BCUT2D eigenvalue weighted by Crippen LogP contribution is 2.04. The third kappa shape index (κ3) is 4.31. The highest BCUT2D eigenvalue weighted by atomic mass is 127. The summed E-state index contributed by atoms with van der Waals surface area (Å²) in [6.07, 6.45) is 7.87. The molecule has 1 heterocycles. The first kappa shape index (κ1) is 12.5. The van der Waals surface area contributed by atoms with Gasteiger partial charge in [0.15, 0.2) is 0 Å². The fraction of sp³-hybridized carbons (Fsp3) is 0.444. The van der Waals surface area contributed by atoms with Gasteiger partial charge in [0.2, 0.25) is 0 Å². The van der Waals surface area contributed by atoms with Crippen LogP contribution in [0.3, 0.4) is 0 Å². The predicted octanol–water partition coefficient (Wildman–Crippen LogP) is 2.01. The standard InChI is InChI=1S/C9H14N2O.HI/c1-3-11-6-4-5-9(8-11)7-10-12-2;/h4-7H,3,8H2,1-2H3;1H. The van der Waals surface area contributed by atoms with Crippen molar-refractivity contribution < 1.29 is 4.84 Å². The van der Waals surface area contributed by atoms with Crippen LogP contribution in [0.2, 0.25) is 0 Å². The van der Waals surface area contributed by atoms with Crippen LogP contribution in [-0.4, -0.2) is 31.3 Å². The van der Waals surface area contributed by atoms with Crippen molar-refractivity contribution in [1.29, 1.82) is 0 Å². The average Bonchev–Trinajstić information content (AvgIpc) is 2.15. The van der Waals surface area contributed by atoms with Crippen molar-refractivity contribution in [3.8, 4) is 0 Å². The van der Waals surface area contributed by atoms with Crippen molar-refractivity contribution in [2.45, 2.75) is 6.92 Å². The minimum atomic E-state index is 0. The highest BCUT2D eigenvalue weighted by molar-refractivity contribution is 14.0. The van der Waals surface area contributed by atoms with Crippen LogP contribution in [0.4, 0.5) is 0 Å². The van der Waals surface area contributed by atoms with E-state index in [1.807, 2.05) is 12.2 Å². The van der Waals surface area contributed by atoms with Gasteiger partial charge in [0, 0.05) is 13.1 Å². The lowest BCUT2D eigenvalue weighted by molar-refractivity contribution is 0.215. The van der Waals surface area contributed by atoms with Crippen LogP contribution in [-0.2, 0) is 4.84 Å². The smallest absolute Gasteiger partial charge is 0.106 e. The molecule has 0 saturated carbocycles. The first-order valence-electron chi connectivity index (χ1n) is 4.04. The third-order valence-corrected chi connectivity index (χ3v) is 1.72. The molecule has 0 atom stereocenters. The quantitative estimate of drug-likeness (QED) is 0.452. The summed E-state index contributed by atoms with van der Waals surface area (Å²) in [4.78, 5) is 6.80. The van der Waals surface area contributed by atoms with Gasteiger partial charge in [-0.3, -0.25) is 0 Å². The Labute approximate surface area is 96.1 Å². The fourth-order valence-corrected chi connectivity index (χ4v) is 1.05. The van der Waals surface area contributed by atoms with Gasteiger partial charge >= 0.3 is 0 Å². The Bertz CT molecular complexity index is 224. The van der Waals surface area contributed by atoms with Crippen LogP contribution in [0.1, 0.15) is 6.92 Å². The molecular weight excluding hydrogens is 279 g/mol. The zero-order valence-corrected chi connectivity index (χ0v) is 10.3. The lowest BCUT2D eigenvalue weighted by Crippen LogP contribution is -2.21. The fourth-order valence-electron chi connectivity index (χ4n) is 1.05. The van der Waals surface area contributed by atoms with E-state index in [1.54, 1.807) is 13.3 Å². The van der Waals surface area contributed by atoms with Gasteiger partial charge in [0.05, 0.1) is 6.21 Å². The van der Waals surface area contributed by atoms with Gasteiger partial charge < -0.3 is 9.74 Å². The van der Waals surface area contributed by atoms with E-state index in [2.05, 4.69) is 28.0 Å². The molecule has 13 heavy (non-hydrogen) atoms. The Morgan fingerprint density at radius 1 is 1.69 bits per heavy atom. The maximum absolute atomic E-state index is 4.60. The van der Waals surface area contributed by atoms with Gasteiger partial charge in [-0.05, 0) is 24.8 Å². The van der Waals surface area contributed by atoms with Crippen molar-refractivity contribution >= 4 is 30.2 Å². The molecule has 0 radical (unpaired) electrons. The largest absolute Gasteiger partial charge is 0.399 e. The minimum Gasteiger partial charge on any atom is -0.399 e. The molecule has 0 fully saturated rings. The van der Waals surface area contributed by atoms with Crippen LogP contribution in [0.5, 0.6) is 0 Å². The van der Waals surface area contributed by atoms with Crippen LogP contribution in [0, 0.1) is 0 Å². The van der Waals surface area contributed by atoms with Crippen LogP contribution in [0.25, 0.3) is 0 Å². The Kier molecular flexibility index (Phi) is 6.66. The summed E-state index contributed by atoms with van der Waals surface area (Å²) >= 11 is 0. The number of allylic oxidation sites excluding steroid dienone is 2. The second kappa shape index (κ2) is 6.94. The average molecular weight is 294 g/mol. The number of hydrogen-bond acceptors (Lipinski definition) is 3. The third-order valence-electron chi connectivity index (χ3n) is 1.72. The molecular formula is C9H15IN2O. The summed E-state index contributed by atoms with van der Waals surface area (Å²) in [6.45, 7) is 4.06. The summed E-state index contributed by atoms with van der Waals surface area (Å²) in [6, 6.07) is 0. The molecule has 0 aliphatic carbocycles. The second-order valence-corrected chi connectivity index (χ2v) is 2.56. The maximum Gasteiger partial charge on any atom is 0.106 e. The van der Waals surface area contributed by atoms with Crippen LogP contribution >= 0.6 is 24.0 Å². The molecule has 0 aromatic heterocycles. The number of hydrogen-bond donors (Lipinski definition) is 0. The minimum absolute atomic E-state index is 0. The summed E-state index contributed by atoms with van der Waals surface area (Å²) in [7, 11) is 1.55. The van der Waals surface area contributed by atoms with E-state index in [-0.39, 0.29) is 24.0 Å². The number of oxime groups is 1. The van der Waals surface area contributed by atoms with Gasteiger partial charge in [-0.1, -0.05) is 11.2 Å². The first-order chi connectivity index (χ1) is 5.86. The molecule has 0 unspecified atom stereocenters. The van der Waals surface area contributed by atoms with E-state index in [0.29, 0.717) is 0 Å². The van der Waals surface area contributed by atoms with E-state index < -0.39 is 0 Å². The van der Waals surface area contributed by atoms with Crippen molar-refractivity contribution in [3.63, 3.8) is 0 Å². The molecule has 0 saturated heterocycles. The molecule has 0 aromatic rings. The highest BCUT2D eigenvalue weighted by Gasteiger charge is 2.02. The summed E-state index contributed by atoms with van der Waals surface area (Å²) in [5.74, 6) is 0. The molecule has 3 nitrogen and oxygen atoms in total. The SMILES string of the molecule is CCN1C=CC=C(C=NOC)C1.I. The van der Waals surface area contributed by atoms with E-state index in [0.717, 1.165) is 13.1 Å². The molecule has 0 aromatic carbocycles. The van der Waals surface area contributed by atoms with E-state index in [4.69, 9.17) is 0 Å². The normalized spacial score (nSPS) is 15.5. The predicted molar refractivity (Wildman–Crippen MR) is 65.4 cm³/mol. The van der Waals surface area contributed by atoms with Crippen molar-refractivity contribution in [1.82, 2.24) is 4.90 Å². The molecule has 1 aliphatic rings. The lowest BCUT2D eigenvalue weighted by atomic mass is 10.2. The number of nitrogens with zero attached hydrogens (tertiary/aromatic N) is 2. The van der Waals surface area contributed by atoms with Gasteiger partial charge in [-0.25, -0.2) is 0 Å². The zero-order valence-electron chi connectivity index (χ0n) is 7.93. The monoisotopic (exact) mass is 294 g/mol. The number of likely N-dealkylation sites (N-methyl/N-ethyl adjacent to an activating group) is 1. The summed E-state index contributed by atoms with van der Waals surface area (Å²) < 4.78 is 0. The van der Waals surface area contributed by atoms with Gasteiger partial charge in [-0.15, -0.1) is 24.0 Å². The number of rotatable bonds is 3.